The van der Waals surface area contributed by atoms with Crippen LogP contribution in [-0.4, -0.2) is 0 Å². The lowest BCUT2D eigenvalue weighted by Gasteiger charge is -2.23. The van der Waals surface area contributed by atoms with Crippen LogP contribution in [0.3, 0.4) is 0 Å². The zero-order valence-corrected chi connectivity index (χ0v) is 10.3. The summed E-state index contributed by atoms with van der Waals surface area (Å²) < 4.78 is 0. The van der Waals surface area contributed by atoms with Gasteiger partial charge in [-0.3, -0.25) is 0 Å². The lowest BCUT2D eigenvalue weighted by atomic mass is 9.82. The molecule has 2 aliphatic rings. The molecule has 2 aliphatic carbocycles. The summed E-state index contributed by atoms with van der Waals surface area (Å²) in [5, 5.41) is 0. The molecule has 0 aromatic heterocycles. The molecule has 0 heteroatoms. The van der Waals surface area contributed by atoms with Gasteiger partial charge in [-0.25, -0.2) is 0 Å². The average Bonchev–Trinajstić information content (AvgIpc) is 2.70. The van der Waals surface area contributed by atoms with Crippen LogP contribution in [0, 0.1) is 29.1 Å². The highest BCUT2D eigenvalue weighted by molar-refractivity contribution is 5.09. The molecule has 0 saturated heterocycles. The van der Waals surface area contributed by atoms with Gasteiger partial charge in [0.1, 0.15) is 0 Å². The van der Waals surface area contributed by atoms with Gasteiger partial charge in [-0.1, -0.05) is 47.0 Å². The van der Waals surface area contributed by atoms with Crippen molar-refractivity contribution in [2.45, 2.75) is 59.8 Å². The molecular weight excluding hydrogens is 168 g/mol. The summed E-state index contributed by atoms with van der Waals surface area (Å²) in [6.45, 7) is 9.63. The molecule has 0 N–H and O–H groups in total. The molecule has 0 bridgehead atoms. The first-order valence-electron chi connectivity index (χ1n) is 6.55. The summed E-state index contributed by atoms with van der Waals surface area (Å²) in [7, 11) is 0. The molecule has 4 unspecified atom stereocenters. The van der Waals surface area contributed by atoms with Gasteiger partial charge >= 0.3 is 0 Å². The van der Waals surface area contributed by atoms with Gasteiger partial charge in [0.05, 0.1) is 0 Å². The van der Waals surface area contributed by atoms with Gasteiger partial charge in [-0.2, -0.15) is 0 Å². The molecule has 82 valence electrons. The molecule has 0 amide bonds. The molecule has 0 aliphatic heterocycles. The Morgan fingerprint density at radius 1 is 1.14 bits per heavy atom. The van der Waals surface area contributed by atoms with E-state index in [1.807, 2.05) is 0 Å². The fraction of sp³-hybridized carbons (Fsp3) is 1.00. The SMILES string of the molecule is CCCCC1CCC2C1C2C(C)(C)C. The van der Waals surface area contributed by atoms with Gasteiger partial charge in [-0.15, -0.1) is 0 Å². The Labute approximate surface area is 89.5 Å². The number of fused-ring (bicyclic) bond motifs is 1. The molecule has 0 heterocycles. The van der Waals surface area contributed by atoms with E-state index in [1.54, 1.807) is 12.8 Å². The van der Waals surface area contributed by atoms with Crippen molar-refractivity contribution in [1.82, 2.24) is 0 Å². The molecule has 4 atom stereocenters. The smallest absolute Gasteiger partial charge is 0.0300 e. The van der Waals surface area contributed by atoms with Crippen molar-refractivity contribution in [2.75, 3.05) is 0 Å². The van der Waals surface area contributed by atoms with Crippen LogP contribution in [-0.2, 0) is 0 Å². The predicted octanol–water partition coefficient (Wildman–Crippen LogP) is 4.49. The second-order valence-electron chi connectivity index (χ2n) is 6.61. The highest BCUT2D eigenvalue weighted by Crippen LogP contribution is 2.67. The monoisotopic (exact) mass is 194 g/mol. The van der Waals surface area contributed by atoms with Gasteiger partial charge in [0.15, 0.2) is 0 Å². The Kier molecular flexibility index (Phi) is 2.66. The van der Waals surface area contributed by atoms with E-state index in [9.17, 15) is 0 Å². The molecule has 0 radical (unpaired) electrons. The molecule has 2 fully saturated rings. The number of unbranched alkanes of at least 4 members (excludes halogenated alkanes) is 1. The van der Waals surface area contributed by atoms with Crippen LogP contribution in [0.25, 0.3) is 0 Å². The van der Waals surface area contributed by atoms with E-state index in [4.69, 9.17) is 0 Å². The lowest BCUT2D eigenvalue weighted by molar-refractivity contribution is 0.263. The highest BCUT2D eigenvalue weighted by Gasteiger charge is 2.60. The zero-order chi connectivity index (χ0) is 10.3. The topological polar surface area (TPSA) is 0 Å². The second-order valence-corrected chi connectivity index (χ2v) is 6.61. The van der Waals surface area contributed by atoms with Crippen LogP contribution >= 0.6 is 0 Å². The third-order valence-corrected chi connectivity index (χ3v) is 4.57. The maximum Gasteiger partial charge on any atom is -0.0300 e. The largest absolute Gasteiger partial charge is 0.0654 e. The van der Waals surface area contributed by atoms with Gasteiger partial charge in [0, 0.05) is 0 Å². The Hall–Kier alpha value is 0. The minimum atomic E-state index is 0.584. The molecule has 14 heavy (non-hydrogen) atoms. The minimum absolute atomic E-state index is 0.584. The summed E-state index contributed by atoms with van der Waals surface area (Å²) in [6.07, 6.45) is 7.45. The molecule has 0 aromatic carbocycles. The summed E-state index contributed by atoms with van der Waals surface area (Å²) in [4.78, 5) is 0. The van der Waals surface area contributed by atoms with E-state index >= 15 is 0 Å². The third-order valence-electron chi connectivity index (χ3n) is 4.57. The molecule has 0 spiro atoms. The fourth-order valence-electron chi connectivity index (χ4n) is 4.04. The third kappa shape index (κ3) is 1.73. The first-order valence-corrected chi connectivity index (χ1v) is 6.55. The Morgan fingerprint density at radius 2 is 1.86 bits per heavy atom. The van der Waals surface area contributed by atoms with E-state index in [0.717, 1.165) is 23.7 Å². The fourth-order valence-corrected chi connectivity index (χ4v) is 4.04. The van der Waals surface area contributed by atoms with E-state index in [2.05, 4.69) is 27.7 Å². The van der Waals surface area contributed by atoms with Gasteiger partial charge in [0.2, 0.25) is 0 Å². The standard InChI is InChI=1S/C14H26/c1-5-6-7-10-8-9-11-12(10)13(11)14(2,3)4/h10-13H,5-9H2,1-4H3. The lowest BCUT2D eigenvalue weighted by Crippen LogP contribution is -2.15. The normalized spacial score (nSPS) is 41.1. The van der Waals surface area contributed by atoms with Crippen molar-refractivity contribution in [3.63, 3.8) is 0 Å². The van der Waals surface area contributed by atoms with Crippen LogP contribution in [0.4, 0.5) is 0 Å². The van der Waals surface area contributed by atoms with Gasteiger partial charge < -0.3 is 0 Å². The number of rotatable bonds is 3. The Balaban J connectivity index is 1.88. The van der Waals surface area contributed by atoms with E-state index < -0.39 is 0 Å². The van der Waals surface area contributed by atoms with Crippen molar-refractivity contribution >= 4 is 0 Å². The molecule has 0 nitrogen and oxygen atoms in total. The Morgan fingerprint density at radius 3 is 2.36 bits per heavy atom. The van der Waals surface area contributed by atoms with Crippen molar-refractivity contribution in [2.24, 2.45) is 29.1 Å². The summed E-state index contributed by atoms with van der Waals surface area (Å²) in [5.74, 6) is 4.42. The van der Waals surface area contributed by atoms with Gasteiger partial charge in [0.25, 0.3) is 0 Å². The maximum absolute atomic E-state index is 2.44. The molecule has 2 rings (SSSR count). The van der Waals surface area contributed by atoms with Crippen LogP contribution in [0.1, 0.15) is 59.8 Å². The van der Waals surface area contributed by atoms with Crippen molar-refractivity contribution in [1.29, 1.82) is 0 Å². The van der Waals surface area contributed by atoms with Crippen molar-refractivity contribution < 1.29 is 0 Å². The van der Waals surface area contributed by atoms with E-state index in [-0.39, 0.29) is 0 Å². The zero-order valence-electron chi connectivity index (χ0n) is 10.3. The molecular formula is C14H26. The molecule has 0 aromatic rings. The van der Waals surface area contributed by atoms with Crippen LogP contribution in [0.15, 0.2) is 0 Å². The van der Waals surface area contributed by atoms with Crippen molar-refractivity contribution in [3.8, 4) is 0 Å². The van der Waals surface area contributed by atoms with E-state index in [1.165, 1.54) is 19.3 Å². The van der Waals surface area contributed by atoms with Gasteiger partial charge in [-0.05, 0) is 41.9 Å². The minimum Gasteiger partial charge on any atom is -0.0654 e. The highest BCUT2D eigenvalue weighted by atomic mass is 14.7. The average molecular weight is 194 g/mol. The number of hydrogen-bond donors (Lipinski definition) is 0. The predicted molar refractivity (Wildman–Crippen MR) is 62.2 cm³/mol. The van der Waals surface area contributed by atoms with Crippen LogP contribution in [0.5, 0.6) is 0 Å². The van der Waals surface area contributed by atoms with Crippen LogP contribution in [0.2, 0.25) is 0 Å². The quantitative estimate of drug-likeness (QED) is 0.621. The second kappa shape index (κ2) is 3.54. The summed E-state index contributed by atoms with van der Waals surface area (Å²) in [6, 6.07) is 0. The number of hydrogen-bond acceptors (Lipinski definition) is 0. The van der Waals surface area contributed by atoms with E-state index in [0.29, 0.717) is 5.41 Å². The maximum atomic E-state index is 2.44. The summed E-state index contributed by atoms with van der Waals surface area (Å²) >= 11 is 0. The van der Waals surface area contributed by atoms with Crippen molar-refractivity contribution in [3.05, 3.63) is 0 Å². The Bertz CT molecular complexity index is 199. The first kappa shape index (κ1) is 10.5. The molecule has 2 saturated carbocycles. The van der Waals surface area contributed by atoms with Crippen LogP contribution < -0.4 is 0 Å². The summed E-state index contributed by atoms with van der Waals surface area (Å²) in [5.41, 5.74) is 0.584. The first-order chi connectivity index (χ1) is 6.55.